The lowest BCUT2D eigenvalue weighted by molar-refractivity contribution is -0.385. The van der Waals surface area contributed by atoms with Gasteiger partial charge in [-0.15, -0.1) is 0 Å². The molecule has 0 saturated heterocycles. The van der Waals surface area contributed by atoms with Gasteiger partial charge in [-0.3, -0.25) is 19.5 Å². The minimum Gasteiger partial charge on any atom is -0.287 e. The van der Waals surface area contributed by atoms with E-state index in [1.165, 1.54) is 17.8 Å². The number of hydrogen-bond donors (Lipinski definition) is 0. The van der Waals surface area contributed by atoms with Crippen molar-refractivity contribution in [1.82, 2.24) is 9.55 Å². The third-order valence-electron chi connectivity index (χ3n) is 4.11. The van der Waals surface area contributed by atoms with Crippen LogP contribution in [-0.2, 0) is 12.3 Å². The third-order valence-corrected chi connectivity index (χ3v) is 5.14. The van der Waals surface area contributed by atoms with Gasteiger partial charge in [0.15, 0.2) is 5.16 Å². The van der Waals surface area contributed by atoms with Crippen molar-refractivity contribution < 1.29 is 4.92 Å². The number of para-hydroxylation sites is 1. The number of nitro benzene ring substituents is 1. The Kier molecular flexibility index (Phi) is 4.85. The first-order chi connectivity index (χ1) is 12.0. The standard InChI is InChI=1S/C18H17N3O3S/c1-3-20-17(22)14-8-4-5-9-15(14)19-18(20)25-11-13-7-6-10-16(12(13)2)21(23)24/h4-10H,3,11H2,1-2H3. The Labute approximate surface area is 148 Å². The molecule has 25 heavy (non-hydrogen) atoms. The highest BCUT2D eigenvalue weighted by Gasteiger charge is 2.15. The molecular weight excluding hydrogens is 338 g/mol. The summed E-state index contributed by atoms with van der Waals surface area (Å²) in [6.07, 6.45) is 0. The molecule has 6 nitrogen and oxygen atoms in total. The van der Waals surface area contributed by atoms with Crippen LogP contribution in [0.2, 0.25) is 0 Å². The van der Waals surface area contributed by atoms with Gasteiger partial charge in [0.1, 0.15) is 0 Å². The predicted octanol–water partition coefficient (Wildman–Crippen LogP) is 3.93. The molecule has 2 aromatic carbocycles. The van der Waals surface area contributed by atoms with E-state index in [9.17, 15) is 14.9 Å². The van der Waals surface area contributed by atoms with Gasteiger partial charge in [0.25, 0.3) is 11.2 Å². The summed E-state index contributed by atoms with van der Waals surface area (Å²) < 4.78 is 1.64. The summed E-state index contributed by atoms with van der Waals surface area (Å²) in [5.74, 6) is 0.512. The summed E-state index contributed by atoms with van der Waals surface area (Å²) >= 11 is 1.42. The number of nitro groups is 1. The fraction of sp³-hybridized carbons (Fsp3) is 0.222. The van der Waals surface area contributed by atoms with Crippen LogP contribution in [0.25, 0.3) is 10.9 Å². The molecule has 3 rings (SSSR count). The van der Waals surface area contributed by atoms with E-state index in [0.717, 1.165) is 5.56 Å². The molecule has 0 bridgehead atoms. The molecule has 0 atom stereocenters. The van der Waals surface area contributed by atoms with Crippen molar-refractivity contribution in [3.8, 4) is 0 Å². The molecule has 0 aliphatic rings. The Morgan fingerprint density at radius 2 is 1.96 bits per heavy atom. The molecule has 0 spiro atoms. The maximum atomic E-state index is 12.6. The van der Waals surface area contributed by atoms with E-state index in [1.807, 2.05) is 31.2 Å². The molecule has 0 N–H and O–H groups in total. The molecule has 0 radical (unpaired) electrons. The Morgan fingerprint density at radius 3 is 2.68 bits per heavy atom. The third kappa shape index (κ3) is 3.28. The highest BCUT2D eigenvalue weighted by molar-refractivity contribution is 7.98. The molecular formula is C18H17N3O3S. The van der Waals surface area contributed by atoms with Crippen molar-refractivity contribution in [3.05, 3.63) is 74.1 Å². The van der Waals surface area contributed by atoms with Gasteiger partial charge in [0.05, 0.1) is 15.8 Å². The summed E-state index contributed by atoms with van der Waals surface area (Å²) in [6, 6.07) is 12.3. The first-order valence-corrected chi connectivity index (χ1v) is 8.86. The number of aromatic nitrogens is 2. The largest absolute Gasteiger partial charge is 0.287 e. The molecule has 128 valence electrons. The highest BCUT2D eigenvalue weighted by Crippen LogP contribution is 2.27. The van der Waals surface area contributed by atoms with E-state index in [-0.39, 0.29) is 16.2 Å². The van der Waals surface area contributed by atoms with Crippen LogP contribution >= 0.6 is 11.8 Å². The molecule has 1 aromatic heterocycles. The maximum absolute atomic E-state index is 12.6. The summed E-state index contributed by atoms with van der Waals surface area (Å²) in [7, 11) is 0. The molecule has 7 heteroatoms. The Balaban J connectivity index is 1.98. The van der Waals surface area contributed by atoms with Gasteiger partial charge in [0, 0.05) is 23.9 Å². The quantitative estimate of drug-likeness (QED) is 0.300. The minimum atomic E-state index is -0.375. The normalized spacial score (nSPS) is 11.0. The van der Waals surface area contributed by atoms with Crippen LogP contribution in [0.5, 0.6) is 0 Å². The Bertz CT molecular complexity index is 1010. The molecule has 0 aliphatic heterocycles. The van der Waals surface area contributed by atoms with Gasteiger partial charge in [-0.2, -0.15) is 0 Å². The van der Waals surface area contributed by atoms with E-state index in [4.69, 9.17) is 0 Å². The van der Waals surface area contributed by atoms with Gasteiger partial charge in [-0.1, -0.05) is 36.0 Å². The summed E-state index contributed by atoms with van der Waals surface area (Å²) in [4.78, 5) is 27.9. The number of fused-ring (bicyclic) bond motifs is 1. The highest BCUT2D eigenvalue weighted by atomic mass is 32.2. The number of thioether (sulfide) groups is 1. The molecule has 0 unspecified atom stereocenters. The van der Waals surface area contributed by atoms with Gasteiger partial charge in [-0.25, -0.2) is 4.98 Å². The van der Waals surface area contributed by atoms with Crippen molar-refractivity contribution in [2.24, 2.45) is 0 Å². The average Bonchev–Trinajstić information content (AvgIpc) is 2.61. The summed E-state index contributed by atoms with van der Waals surface area (Å²) in [5.41, 5.74) is 2.22. The lowest BCUT2D eigenvalue weighted by atomic mass is 10.1. The monoisotopic (exact) mass is 355 g/mol. The molecule has 0 fully saturated rings. The summed E-state index contributed by atoms with van der Waals surface area (Å²) in [5, 5.41) is 12.3. The van der Waals surface area contributed by atoms with Crippen molar-refractivity contribution in [1.29, 1.82) is 0 Å². The van der Waals surface area contributed by atoms with Gasteiger partial charge in [-0.05, 0) is 31.5 Å². The van der Waals surface area contributed by atoms with E-state index in [2.05, 4.69) is 4.98 Å². The van der Waals surface area contributed by atoms with Crippen molar-refractivity contribution >= 4 is 28.4 Å². The maximum Gasteiger partial charge on any atom is 0.272 e. The second-order valence-corrected chi connectivity index (χ2v) is 6.51. The molecule has 0 saturated carbocycles. The van der Waals surface area contributed by atoms with E-state index in [0.29, 0.717) is 33.9 Å². The van der Waals surface area contributed by atoms with Crippen LogP contribution in [0, 0.1) is 17.0 Å². The Hall–Kier alpha value is -2.67. The zero-order valence-corrected chi connectivity index (χ0v) is 14.7. The lowest BCUT2D eigenvalue weighted by Crippen LogP contribution is -2.22. The van der Waals surface area contributed by atoms with Crippen molar-refractivity contribution in [2.45, 2.75) is 31.3 Å². The van der Waals surface area contributed by atoms with Gasteiger partial charge >= 0.3 is 0 Å². The zero-order chi connectivity index (χ0) is 18.0. The number of nitrogens with zero attached hydrogens (tertiary/aromatic N) is 3. The minimum absolute atomic E-state index is 0.0636. The number of hydrogen-bond acceptors (Lipinski definition) is 5. The van der Waals surface area contributed by atoms with Crippen LogP contribution in [0.1, 0.15) is 18.1 Å². The second-order valence-electron chi connectivity index (χ2n) is 5.57. The van der Waals surface area contributed by atoms with Gasteiger partial charge < -0.3 is 0 Å². The van der Waals surface area contributed by atoms with Crippen LogP contribution in [-0.4, -0.2) is 14.5 Å². The van der Waals surface area contributed by atoms with Crippen molar-refractivity contribution in [2.75, 3.05) is 0 Å². The molecule has 0 aliphatic carbocycles. The number of benzene rings is 2. The van der Waals surface area contributed by atoms with Crippen LogP contribution in [0.3, 0.4) is 0 Å². The first kappa shape index (κ1) is 17.2. The Morgan fingerprint density at radius 1 is 1.20 bits per heavy atom. The number of rotatable bonds is 5. The molecule has 0 amide bonds. The second kappa shape index (κ2) is 7.06. The first-order valence-electron chi connectivity index (χ1n) is 7.88. The smallest absolute Gasteiger partial charge is 0.272 e. The van der Waals surface area contributed by atoms with E-state index in [1.54, 1.807) is 23.6 Å². The SMILES string of the molecule is CCn1c(SCc2cccc([N+](=O)[O-])c2C)nc2ccccc2c1=O. The fourth-order valence-electron chi connectivity index (χ4n) is 2.70. The molecule has 3 aromatic rings. The predicted molar refractivity (Wildman–Crippen MR) is 99.1 cm³/mol. The van der Waals surface area contributed by atoms with E-state index >= 15 is 0 Å². The molecule has 1 heterocycles. The van der Waals surface area contributed by atoms with Gasteiger partial charge in [0.2, 0.25) is 0 Å². The van der Waals surface area contributed by atoms with E-state index < -0.39 is 0 Å². The van der Waals surface area contributed by atoms with Crippen molar-refractivity contribution in [3.63, 3.8) is 0 Å². The fourth-order valence-corrected chi connectivity index (χ4v) is 3.83. The lowest BCUT2D eigenvalue weighted by Gasteiger charge is -2.12. The van der Waals surface area contributed by atoms with Crippen LogP contribution in [0.4, 0.5) is 5.69 Å². The zero-order valence-electron chi connectivity index (χ0n) is 13.9. The van der Waals surface area contributed by atoms with Crippen LogP contribution in [0.15, 0.2) is 52.4 Å². The average molecular weight is 355 g/mol. The summed E-state index contributed by atoms with van der Waals surface area (Å²) in [6.45, 7) is 4.17. The van der Waals surface area contributed by atoms with Crippen LogP contribution < -0.4 is 5.56 Å². The topological polar surface area (TPSA) is 78.0 Å².